The molecule has 0 radical (unpaired) electrons. The normalized spacial score (nSPS) is 19.1. The van der Waals surface area contributed by atoms with Gasteiger partial charge in [-0.15, -0.1) is 0 Å². The second-order valence-electron chi connectivity index (χ2n) is 10.5. The van der Waals surface area contributed by atoms with Gasteiger partial charge in [0, 0.05) is 24.7 Å². The van der Waals surface area contributed by atoms with Gasteiger partial charge in [-0.1, -0.05) is 77.3 Å². The molecule has 0 heterocycles. The summed E-state index contributed by atoms with van der Waals surface area (Å²) < 4.78 is 13.9. The molecule has 0 bridgehead atoms. The van der Waals surface area contributed by atoms with Gasteiger partial charge in [0.1, 0.15) is 5.83 Å². The number of allylic oxidation sites excluding steroid dienone is 3. The zero-order valence-corrected chi connectivity index (χ0v) is 21.2. The molecule has 5 N–H and O–H groups in total. The molecule has 2 atom stereocenters. The van der Waals surface area contributed by atoms with Crippen molar-refractivity contribution >= 4 is 0 Å². The van der Waals surface area contributed by atoms with Crippen molar-refractivity contribution in [2.24, 2.45) is 5.73 Å². The van der Waals surface area contributed by atoms with Crippen LogP contribution in [0.25, 0.3) is 0 Å². The standard InChI is InChI=1S/C28H46FN3O/c1-5-31-19-11-15-24(29)14-10-16-25(30)26(33)21-32-28(17-7-6-8-18-28)23-13-9-12-22(20-23)27(2,3)4/h9,11-15,20,25-26,31-33H,5-8,10,16-19,21,30H2,1-4H3/b15-11-,24-14+. The van der Waals surface area contributed by atoms with Crippen LogP contribution in [0.1, 0.15) is 83.8 Å². The fraction of sp³-hybridized carbons (Fsp3) is 0.643. The molecule has 0 aromatic heterocycles. The third-order valence-electron chi connectivity index (χ3n) is 6.76. The van der Waals surface area contributed by atoms with Crippen LogP contribution in [0.5, 0.6) is 0 Å². The number of halogens is 1. The molecule has 1 aromatic rings. The summed E-state index contributed by atoms with van der Waals surface area (Å²) in [6, 6.07) is 8.52. The highest BCUT2D eigenvalue weighted by atomic mass is 19.1. The summed E-state index contributed by atoms with van der Waals surface area (Å²) in [5.41, 5.74) is 8.87. The molecule has 1 aliphatic rings. The van der Waals surface area contributed by atoms with E-state index in [9.17, 15) is 9.50 Å². The second kappa shape index (κ2) is 13.4. The first-order valence-corrected chi connectivity index (χ1v) is 12.7. The molecule has 1 aromatic carbocycles. The fourth-order valence-electron chi connectivity index (χ4n) is 4.53. The van der Waals surface area contributed by atoms with Crippen molar-refractivity contribution in [1.82, 2.24) is 10.6 Å². The lowest BCUT2D eigenvalue weighted by atomic mass is 9.74. The number of benzene rings is 1. The Bertz CT molecular complexity index is 763. The molecular weight excluding hydrogens is 413 g/mol. The third-order valence-corrected chi connectivity index (χ3v) is 6.76. The van der Waals surface area contributed by atoms with Crippen molar-refractivity contribution in [3.8, 4) is 0 Å². The van der Waals surface area contributed by atoms with Gasteiger partial charge in [-0.2, -0.15) is 0 Å². The summed E-state index contributed by atoms with van der Waals surface area (Å²) in [6.07, 6.45) is 10.9. The van der Waals surface area contributed by atoms with Crippen molar-refractivity contribution in [2.45, 2.75) is 95.7 Å². The predicted molar refractivity (Wildman–Crippen MR) is 138 cm³/mol. The van der Waals surface area contributed by atoms with Gasteiger partial charge >= 0.3 is 0 Å². The molecule has 1 aliphatic carbocycles. The van der Waals surface area contributed by atoms with E-state index in [-0.39, 0.29) is 16.8 Å². The highest BCUT2D eigenvalue weighted by Gasteiger charge is 2.35. The van der Waals surface area contributed by atoms with Crippen LogP contribution in [0.4, 0.5) is 4.39 Å². The Morgan fingerprint density at radius 3 is 2.64 bits per heavy atom. The maximum atomic E-state index is 13.9. The molecule has 2 unspecified atom stereocenters. The second-order valence-corrected chi connectivity index (χ2v) is 10.5. The van der Waals surface area contributed by atoms with Crippen molar-refractivity contribution in [3.63, 3.8) is 0 Å². The first-order chi connectivity index (χ1) is 15.7. The Morgan fingerprint density at radius 2 is 1.97 bits per heavy atom. The van der Waals surface area contributed by atoms with E-state index in [1.807, 2.05) is 6.92 Å². The minimum atomic E-state index is -0.671. The number of aliphatic hydroxyl groups is 1. The Balaban J connectivity index is 1.96. The van der Waals surface area contributed by atoms with E-state index in [1.165, 1.54) is 36.5 Å². The van der Waals surface area contributed by atoms with E-state index < -0.39 is 12.1 Å². The van der Waals surface area contributed by atoms with E-state index in [0.717, 1.165) is 19.4 Å². The van der Waals surface area contributed by atoms with E-state index in [0.29, 0.717) is 25.9 Å². The third kappa shape index (κ3) is 8.97. The van der Waals surface area contributed by atoms with Crippen molar-refractivity contribution < 1.29 is 9.50 Å². The van der Waals surface area contributed by atoms with Gasteiger partial charge in [0.2, 0.25) is 0 Å². The largest absolute Gasteiger partial charge is 0.390 e. The highest BCUT2D eigenvalue weighted by Crippen LogP contribution is 2.38. The van der Waals surface area contributed by atoms with Gasteiger partial charge in [0.05, 0.1) is 6.10 Å². The van der Waals surface area contributed by atoms with E-state index in [2.05, 4.69) is 55.7 Å². The number of nitrogens with one attached hydrogen (secondary N) is 2. The first-order valence-electron chi connectivity index (χ1n) is 12.7. The SMILES string of the molecule is CCNC/C=C\C(F)=C/CCC(N)C(O)CNC1(c2cccc(C(C)(C)C)c2)CCCCC1. The maximum absolute atomic E-state index is 13.9. The topological polar surface area (TPSA) is 70.3 Å². The fourth-order valence-corrected chi connectivity index (χ4v) is 4.53. The van der Waals surface area contributed by atoms with Crippen LogP contribution in [0.3, 0.4) is 0 Å². The minimum Gasteiger partial charge on any atom is -0.390 e. The van der Waals surface area contributed by atoms with E-state index >= 15 is 0 Å². The Kier molecular flexibility index (Phi) is 11.2. The van der Waals surface area contributed by atoms with Gasteiger partial charge < -0.3 is 21.5 Å². The molecule has 0 amide bonds. The number of hydrogen-bond donors (Lipinski definition) is 4. The molecule has 0 aliphatic heterocycles. The summed E-state index contributed by atoms with van der Waals surface area (Å²) in [6.45, 7) is 10.7. The highest BCUT2D eigenvalue weighted by molar-refractivity contribution is 5.33. The van der Waals surface area contributed by atoms with Crippen LogP contribution < -0.4 is 16.4 Å². The van der Waals surface area contributed by atoms with E-state index in [4.69, 9.17) is 5.73 Å². The quantitative estimate of drug-likeness (QED) is 0.255. The molecule has 4 nitrogen and oxygen atoms in total. The number of likely N-dealkylation sites (N-methyl/N-ethyl adjacent to an activating group) is 1. The monoisotopic (exact) mass is 459 g/mol. The smallest absolute Gasteiger partial charge is 0.118 e. The molecule has 1 fully saturated rings. The zero-order chi connectivity index (χ0) is 24.3. The average molecular weight is 460 g/mol. The lowest BCUT2D eigenvalue weighted by molar-refractivity contribution is 0.114. The molecule has 0 saturated heterocycles. The summed E-state index contributed by atoms with van der Waals surface area (Å²) in [7, 11) is 0. The summed E-state index contributed by atoms with van der Waals surface area (Å²) in [5.74, 6) is -0.257. The van der Waals surface area contributed by atoms with E-state index in [1.54, 1.807) is 12.2 Å². The molecule has 186 valence electrons. The van der Waals surface area contributed by atoms with Crippen molar-refractivity contribution in [1.29, 1.82) is 0 Å². The minimum absolute atomic E-state index is 0.0955. The molecule has 33 heavy (non-hydrogen) atoms. The van der Waals surface area contributed by atoms with Crippen LogP contribution >= 0.6 is 0 Å². The van der Waals surface area contributed by atoms with Crippen LogP contribution in [0.15, 0.2) is 48.3 Å². The lowest BCUT2D eigenvalue weighted by Crippen LogP contribution is -2.50. The number of rotatable bonds is 12. The van der Waals surface area contributed by atoms with Gasteiger partial charge in [0.15, 0.2) is 0 Å². The van der Waals surface area contributed by atoms with Crippen molar-refractivity contribution in [3.05, 3.63) is 59.4 Å². The van der Waals surface area contributed by atoms with Gasteiger partial charge in [-0.25, -0.2) is 4.39 Å². The van der Waals surface area contributed by atoms with Gasteiger partial charge in [-0.05, 0) is 60.9 Å². The molecule has 0 spiro atoms. The first kappa shape index (κ1) is 27.7. The summed E-state index contributed by atoms with van der Waals surface area (Å²) >= 11 is 0. The molecular formula is C28H46FN3O. The number of nitrogens with two attached hydrogens (primary N) is 1. The Labute approximate surface area is 200 Å². The number of aliphatic hydroxyl groups excluding tert-OH is 1. The van der Waals surface area contributed by atoms with Gasteiger partial charge in [-0.3, -0.25) is 0 Å². The summed E-state index contributed by atoms with van der Waals surface area (Å²) in [5, 5.41) is 17.6. The Hall–Kier alpha value is -1.53. The van der Waals surface area contributed by atoms with Crippen molar-refractivity contribution in [2.75, 3.05) is 19.6 Å². The zero-order valence-electron chi connectivity index (χ0n) is 21.2. The molecule has 1 saturated carbocycles. The maximum Gasteiger partial charge on any atom is 0.118 e. The molecule has 2 rings (SSSR count). The average Bonchev–Trinajstić information content (AvgIpc) is 2.80. The van der Waals surface area contributed by atoms with Crippen LogP contribution in [0.2, 0.25) is 0 Å². The molecule has 5 heteroatoms. The van der Waals surface area contributed by atoms with Crippen LogP contribution in [-0.4, -0.2) is 36.9 Å². The van der Waals surface area contributed by atoms with Gasteiger partial charge in [0.25, 0.3) is 0 Å². The van der Waals surface area contributed by atoms with Crippen LogP contribution in [-0.2, 0) is 11.0 Å². The predicted octanol–water partition coefficient (Wildman–Crippen LogP) is 5.22. The lowest BCUT2D eigenvalue weighted by Gasteiger charge is -2.40. The number of hydrogen-bond acceptors (Lipinski definition) is 4. The summed E-state index contributed by atoms with van der Waals surface area (Å²) in [4.78, 5) is 0. The Morgan fingerprint density at radius 1 is 1.24 bits per heavy atom. The van der Waals surface area contributed by atoms with Crippen LogP contribution in [0, 0.1) is 0 Å².